The summed E-state index contributed by atoms with van der Waals surface area (Å²) in [6.07, 6.45) is 5.93. The largest absolute Gasteiger partial charge is 0.351 e. The van der Waals surface area contributed by atoms with Crippen LogP contribution in [0.4, 0.5) is 0 Å². The number of hydrogen-bond acceptors (Lipinski definition) is 3. The molecule has 5 nitrogen and oxygen atoms in total. The van der Waals surface area contributed by atoms with Crippen molar-refractivity contribution >= 4 is 11.8 Å². The number of carbonyl (C=O) groups is 2. The highest BCUT2D eigenvalue weighted by Crippen LogP contribution is 2.61. The number of nitrogens with one attached hydrogen (secondary N) is 2. The van der Waals surface area contributed by atoms with E-state index in [1.807, 2.05) is 0 Å². The summed E-state index contributed by atoms with van der Waals surface area (Å²) in [4.78, 5) is 28.7. The van der Waals surface area contributed by atoms with Gasteiger partial charge in [0.05, 0.1) is 12.5 Å². The highest BCUT2D eigenvalue weighted by molar-refractivity contribution is 5.83. The number of hydrogen-bond donors (Lipinski definition) is 2. The monoisotopic (exact) mass is 266 g/mol. The van der Waals surface area contributed by atoms with Crippen LogP contribution in [0.15, 0.2) is 0 Å². The van der Waals surface area contributed by atoms with Crippen LogP contribution in [0.25, 0.3) is 0 Å². The van der Waals surface area contributed by atoms with Gasteiger partial charge in [-0.15, -0.1) is 0 Å². The zero-order chi connectivity index (χ0) is 13.7. The maximum absolute atomic E-state index is 12.4. The third kappa shape index (κ3) is 2.04. The highest BCUT2D eigenvalue weighted by atomic mass is 16.6. The first-order valence-electron chi connectivity index (χ1n) is 7.09. The average Bonchev–Trinajstić information content (AvgIpc) is 2.25. The van der Waals surface area contributed by atoms with Crippen molar-refractivity contribution in [3.8, 4) is 0 Å². The first kappa shape index (κ1) is 12.9. The Labute approximate surface area is 113 Å². The third-order valence-electron chi connectivity index (χ3n) is 5.18. The molecule has 0 spiro atoms. The van der Waals surface area contributed by atoms with Crippen molar-refractivity contribution < 1.29 is 14.4 Å². The summed E-state index contributed by atoms with van der Waals surface area (Å²) in [6, 6.07) is 0. The molecule has 106 valence electrons. The molecule has 4 saturated carbocycles. The maximum Gasteiger partial charge on any atom is 0.249 e. The maximum atomic E-state index is 12.4. The molecule has 0 aliphatic heterocycles. The van der Waals surface area contributed by atoms with Crippen molar-refractivity contribution in [2.45, 2.75) is 51.0 Å². The van der Waals surface area contributed by atoms with E-state index in [4.69, 9.17) is 4.84 Å². The summed E-state index contributed by atoms with van der Waals surface area (Å²) in [6.45, 7) is 1.57. The second kappa shape index (κ2) is 4.20. The molecule has 2 amide bonds. The second-order valence-corrected chi connectivity index (χ2v) is 6.84. The predicted octanol–water partition coefficient (Wildman–Crippen LogP) is 1.14. The number of hydroxylamine groups is 1. The Morgan fingerprint density at radius 3 is 2.32 bits per heavy atom. The molecule has 4 aliphatic rings. The molecule has 4 aliphatic carbocycles. The van der Waals surface area contributed by atoms with E-state index in [0.717, 1.165) is 32.1 Å². The van der Waals surface area contributed by atoms with Crippen LogP contribution in [0.3, 0.4) is 0 Å². The first-order valence-corrected chi connectivity index (χ1v) is 7.09. The van der Waals surface area contributed by atoms with Gasteiger partial charge in [-0.25, -0.2) is 5.48 Å². The van der Waals surface area contributed by atoms with E-state index in [0.29, 0.717) is 11.8 Å². The van der Waals surface area contributed by atoms with Gasteiger partial charge in [0, 0.05) is 12.5 Å². The second-order valence-electron chi connectivity index (χ2n) is 6.84. The Balaban J connectivity index is 1.88. The number of amides is 2. The van der Waals surface area contributed by atoms with Crippen LogP contribution in [-0.2, 0) is 14.4 Å². The van der Waals surface area contributed by atoms with E-state index < -0.39 is 0 Å². The van der Waals surface area contributed by atoms with Gasteiger partial charge in [-0.1, -0.05) is 0 Å². The smallest absolute Gasteiger partial charge is 0.249 e. The molecule has 0 aromatic rings. The van der Waals surface area contributed by atoms with E-state index in [-0.39, 0.29) is 22.8 Å². The van der Waals surface area contributed by atoms with Gasteiger partial charge in [-0.05, 0) is 50.4 Å². The van der Waals surface area contributed by atoms with Crippen molar-refractivity contribution in [3.05, 3.63) is 0 Å². The van der Waals surface area contributed by atoms with E-state index in [1.54, 1.807) is 6.92 Å². The third-order valence-corrected chi connectivity index (χ3v) is 5.18. The van der Waals surface area contributed by atoms with Crippen LogP contribution in [0, 0.1) is 17.3 Å². The standard InChI is InChI=1S/C14H22N2O3/c1-9(17)15-14-6-10-3-11(7-14)5-13(4-10,8-14)12(18)16-19-2/h10-11H,3-8H2,1-2H3,(H,15,17)(H,16,18). The van der Waals surface area contributed by atoms with Crippen molar-refractivity contribution in [3.63, 3.8) is 0 Å². The van der Waals surface area contributed by atoms with Crippen molar-refractivity contribution in [1.82, 2.24) is 10.8 Å². The van der Waals surface area contributed by atoms with E-state index in [2.05, 4.69) is 10.8 Å². The van der Waals surface area contributed by atoms with Gasteiger partial charge in [0.15, 0.2) is 0 Å². The molecular weight excluding hydrogens is 244 g/mol. The molecule has 0 radical (unpaired) electrons. The molecule has 4 rings (SSSR count). The summed E-state index contributed by atoms with van der Waals surface area (Å²) in [5.74, 6) is 1.15. The van der Waals surface area contributed by atoms with E-state index in [9.17, 15) is 9.59 Å². The Morgan fingerprint density at radius 1 is 1.16 bits per heavy atom. The normalized spacial score (nSPS) is 43.1. The number of rotatable bonds is 3. The molecule has 2 N–H and O–H groups in total. The molecule has 0 saturated heterocycles. The highest BCUT2D eigenvalue weighted by Gasteiger charge is 2.60. The molecule has 5 heteroatoms. The SMILES string of the molecule is CONC(=O)C12CC3CC(CC(NC(C)=O)(C3)C1)C2. The predicted molar refractivity (Wildman–Crippen MR) is 68.8 cm³/mol. The van der Waals surface area contributed by atoms with Crippen LogP contribution in [-0.4, -0.2) is 24.5 Å². The fraction of sp³-hybridized carbons (Fsp3) is 0.857. The van der Waals surface area contributed by atoms with Gasteiger partial charge < -0.3 is 5.32 Å². The fourth-order valence-electron chi connectivity index (χ4n) is 5.25. The van der Waals surface area contributed by atoms with Crippen LogP contribution in [0.5, 0.6) is 0 Å². The minimum absolute atomic E-state index is 0.00109. The minimum atomic E-state index is -0.331. The molecule has 0 aromatic heterocycles. The summed E-state index contributed by atoms with van der Waals surface area (Å²) < 4.78 is 0. The fourth-order valence-corrected chi connectivity index (χ4v) is 5.25. The summed E-state index contributed by atoms with van der Waals surface area (Å²) >= 11 is 0. The lowest BCUT2D eigenvalue weighted by molar-refractivity contribution is -0.162. The minimum Gasteiger partial charge on any atom is -0.351 e. The summed E-state index contributed by atoms with van der Waals surface area (Å²) in [7, 11) is 1.47. The topological polar surface area (TPSA) is 67.4 Å². The molecule has 2 unspecified atom stereocenters. The molecular formula is C14H22N2O3. The first-order chi connectivity index (χ1) is 8.97. The molecule has 19 heavy (non-hydrogen) atoms. The lowest BCUT2D eigenvalue weighted by Crippen LogP contribution is -2.65. The molecule has 0 aromatic carbocycles. The van der Waals surface area contributed by atoms with Crippen molar-refractivity contribution in [2.24, 2.45) is 17.3 Å². The van der Waals surface area contributed by atoms with Crippen molar-refractivity contribution in [2.75, 3.05) is 7.11 Å². The van der Waals surface area contributed by atoms with Crippen LogP contribution < -0.4 is 10.8 Å². The Morgan fingerprint density at radius 2 is 1.79 bits per heavy atom. The lowest BCUT2D eigenvalue weighted by Gasteiger charge is -2.61. The van der Waals surface area contributed by atoms with Crippen LogP contribution in [0.1, 0.15) is 45.4 Å². The van der Waals surface area contributed by atoms with Crippen LogP contribution >= 0.6 is 0 Å². The van der Waals surface area contributed by atoms with Crippen molar-refractivity contribution in [1.29, 1.82) is 0 Å². The molecule has 0 heterocycles. The lowest BCUT2D eigenvalue weighted by atomic mass is 9.46. The van der Waals surface area contributed by atoms with Gasteiger partial charge in [-0.3, -0.25) is 14.4 Å². The summed E-state index contributed by atoms with van der Waals surface area (Å²) in [5.41, 5.74) is 2.04. The average molecular weight is 266 g/mol. The van der Waals surface area contributed by atoms with Gasteiger partial charge in [0.25, 0.3) is 0 Å². The Bertz CT molecular complexity index is 407. The quantitative estimate of drug-likeness (QED) is 0.753. The van der Waals surface area contributed by atoms with Gasteiger partial charge in [-0.2, -0.15) is 0 Å². The van der Waals surface area contributed by atoms with Crippen LogP contribution in [0.2, 0.25) is 0 Å². The molecule has 4 bridgehead atoms. The zero-order valence-corrected chi connectivity index (χ0v) is 11.6. The molecule has 4 fully saturated rings. The Hall–Kier alpha value is -1.10. The van der Waals surface area contributed by atoms with Gasteiger partial charge in [0.2, 0.25) is 11.8 Å². The van der Waals surface area contributed by atoms with Gasteiger partial charge >= 0.3 is 0 Å². The summed E-state index contributed by atoms with van der Waals surface area (Å²) in [5, 5.41) is 3.15. The zero-order valence-electron chi connectivity index (χ0n) is 11.6. The number of carbonyl (C=O) groups excluding carboxylic acids is 2. The van der Waals surface area contributed by atoms with Gasteiger partial charge in [0.1, 0.15) is 0 Å². The van der Waals surface area contributed by atoms with E-state index >= 15 is 0 Å². The van der Waals surface area contributed by atoms with E-state index in [1.165, 1.54) is 13.5 Å². The Kier molecular flexibility index (Phi) is 2.85. The molecule has 2 atom stereocenters.